The fraction of sp³-hybridized carbons (Fsp3) is 0.174. The molecule has 1 aromatic heterocycles. The van der Waals surface area contributed by atoms with E-state index < -0.39 is 17.6 Å². The zero-order chi connectivity index (χ0) is 22.0. The molecule has 2 aromatic carbocycles. The van der Waals surface area contributed by atoms with Crippen molar-refractivity contribution < 1.29 is 14.3 Å². The number of nitrogen functional groups attached to an aromatic ring is 1. The van der Waals surface area contributed by atoms with E-state index in [-0.39, 0.29) is 5.82 Å². The first-order chi connectivity index (χ1) is 15.0. The molecule has 2 heterocycles. The summed E-state index contributed by atoms with van der Waals surface area (Å²) in [5, 5.41) is 3.00. The first kappa shape index (κ1) is 20.2. The average Bonchev–Trinajstić information content (AvgIpc) is 2.77. The molecule has 0 bridgehead atoms. The Labute approximate surface area is 178 Å². The van der Waals surface area contributed by atoms with Crippen LogP contribution in [-0.4, -0.2) is 23.0 Å². The number of carbonyl (C=O) groups excluding carboxylic acids is 1. The van der Waals surface area contributed by atoms with E-state index in [1.807, 2.05) is 54.6 Å². The highest BCUT2D eigenvalue weighted by molar-refractivity contribution is 5.95. The molecule has 8 heteroatoms. The van der Waals surface area contributed by atoms with Gasteiger partial charge in [-0.2, -0.15) is 4.98 Å². The number of nitrogens with two attached hydrogens (primary N) is 1. The highest BCUT2D eigenvalue weighted by Gasteiger charge is 2.35. The third kappa shape index (κ3) is 4.00. The van der Waals surface area contributed by atoms with E-state index in [1.54, 1.807) is 6.92 Å². The van der Waals surface area contributed by atoms with Gasteiger partial charge in [-0.3, -0.25) is 4.98 Å². The van der Waals surface area contributed by atoms with Crippen molar-refractivity contribution in [3.05, 3.63) is 93.0 Å². The maximum Gasteiger partial charge on any atom is 0.348 e. The molecule has 1 aliphatic rings. The highest BCUT2D eigenvalue weighted by Crippen LogP contribution is 2.43. The topological polar surface area (TPSA) is 119 Å². The van der Waals surface area contributed by atoms with Gasteiger partial charge in [0.2, 0.25) is 0 Å². The van der Waals surface area contributed by atoms with Gasteiger partial charge in [0.1, 0.15) is 24.0 Å². The summed E-state index contributed by atoms with van der Waals surface area (Å²) >= 11 is 0. The molecule has 0 radical (unpaired) electrons. The number of hydrogen-bond acceptors (Lipinski definition) is 7. The van der Waals surface area contributed by atoms with Crippen molar-refractivity contribution >= 4 is 17.6 Å². The molecule has 3 aromatic rings. The summed E-state index contributed by atoms with van der Waals surface area (Å²) < 4.78 is 10.9. The Hall–Kier alpha value is -4.07. The van der Waals surface area contributed by atoms with Gasteiger partial charge in [0.25, 0.3) is 0 Å². The lowest BCUT2D eigenvalue weighted by atomic mass is 9.82. The third-order valence-corrected chi connectivity index (χ3v) is 5.15. The summed E-state index contributed by atoms with van der Waals surface area (Å²) in [5.41, 5.74) is 8.87. The van der Waals surface area contributed by atoms with Gasteiger partial charge in [0, 0.05) is 11.3 Å². The highest BCUT2D eigenvalue weighted by atomic mass is 16.5. The molecule has 1 atom stereocenters. The quantitative estimate of drug-likeness (QED) is 0.545. The maximum atomic E-state index is 12.6. The number of aromatic nitrogens is 2. The van der Waals surface area contributed by atoms with Crippen LogP contribution in [0.5, 0.6) is 5.75 Å². The lowest BCUT2D eigenvalue weighted by Gasteiger charge is -2.29. The first-order valence-corrected chi connectivity index (χ1v) is 9.70. The van der Waals surface area contributed by atoms with E-state index >= 15 is 0 Å². The average molecular weight is 418 g/mol. The predicted molar refractivity (Wildman–Crippen MR) is 117 cm³/mol. The summed E-state index contributed by atoms with van der Waals surface area (Å²) in [6.07, 6.45) is 0. The van der Waals surface area contributed by atoms with Crippen molar-refractivity contribution in [2.45, 2.75) is 19.4 Å². The van der Waals surface area contributed by atoms with E-state index in [0.717, 1.165) is 11.1 Å². The smallest absolute Gasteiger partial charge is 0.348 e. The van der Waals surface area contributed by atoms with Crippen LogP contribution >= 0.6 is 0 Å². The lowest BCUT2D eigenvalue weighted by Crippen LogP contribution is -2.28. The Kier molecular flexibility index (Phi) is 5.44. The number of allylic oxidation sites excluding steroid dienone is 1. The van der Waals surface area contributed by atoms with Gasteiger partial charge in [-0.05, 0) is 30.2 Å². The number of aromatic amines is 1. The number of esters is 1. The van der Waals surface area contributed by atoms with Crippen LogP contribution in [-0.2, 0) is 16.1 Å². The summed E-state index contributed by atoms with van der Waals surface area (Å²) in [6.45, 7) is 2.18. The molecular weight excluding hydrogens is 396 g/mol. The van der Waals surface area contributed by atoms with Gasteiger partial charge in [-0.15, -0.1) is 0 Å². The largest absolute Gasteiger partial charge is 0.489 e. The molecule has 0 saturated carbocycles. The van der Waals surface area contributed by atoms with Crippen LogP contribution in [0.1, 0.15) is 29.5 Å². The molecule has 4 rings (SSSR count). The number of hydrogen-bond donors (Lipinski definition) is 3. The number of fused-ring (bicyclic) bond motifs is 1. The fourth-order valence-electron chi connectivity index (χ4n) is 3.70. The van der Waals surface area contributed by atoms with Gasteiger partial charge in [0.15, 0.2) is 0 Å². The fourth-order valence-corrected chi connectivity index (χ4v) is 3.70. The standard InChI is InChI=1S/C23H22N4O4/c1-13-17(22(28)30-2)18(19-20(24)26-23(29)27-21(19)25-13)15-8-10-16(11-9-15)31-12-14-6-4-3-5-7-14/h3-11,18H,12H2,1-2H3,(H4,24,25,26,27,29). The molecular formula is C23H22N4O4. The number of anilines is 2. The Morgan fingerprint density at radius 3 is 2.52 bits per heavy atom. The lowest BCUT2D eigenvalue weighted by molar-refractivity contribution is -0.136. The second-order valence-electron chi connectivity index (χ2n) is 7.15. The van der Waals surface area contributed by atoms with E-state index in [2.05, 4.69) is 15.3 Å². The van der Waals surface area contributed by atoms with Gasteiger partial charge in [-0.1, -0.05) is 42.5 Å². The van der Waals surface area contributed by atoms with Crippen LogP contribution in [0.2, 0.25) is 0 Å². The van der Waals surface area contributed by atoms with E-state index in [9.17, 15) is 9.59 Å². The van der Waals surface area contributed by atoms with Crippen molar-refractivity contribution in [2.24, 2.45) is 0 Å². The van der Waals surface area contributed by atoms with Gasteiger partial charge in [0.05, 0.1) is 18.6 Å². The number of nitrogens with one attached hydrogen (secondary N) is 2. The zero-order valence-electron chi connectivity index (χ0n) is 17.1. The van der Waals surface area contributed by atoms with Crippen LogP contribution in [0.15, 0.2) is 70.7 Å². The van der Waals surface area contributed by atoms with Crippen LogP contribution in [0, 0.1) is 0 Å². The summed E-state index contributed by atoms with van der Waals surface area (Å²) in [5.74, 6) is 0.105. The van der Waals surface area contributed by atoms with E-state index in [0.29, 0.717) is 35.0 Å². The van der Waals surface area contributed by atoms with Gasteiger partial charge in [-0.25, -0.2) is 9.59 Å². The second kappa shape index (κ2) is 8.35. The zero-order valence-corrected chi connectivity index (χ0v) is 17.1. The molecule has 158 valence electrons. The molecule has 1 unspecified atom stereocenters. The number of nitrogens with zero attached hydrogens (tertiary/aromatic N) is 1. The van der Waals surface area contributed by atoms with Crippen molar-refractivity contribution in [1.29, 1.82) is 0 Å². The molecule has 4 N–H and O–H groups in total. The SMILES string of the molecule is COC(=O)C1=C(C)Nc2nc(=O)[nH]c(N)c2C1c1ccc(OCc2ccccc2)cc1. The van der Waals surface area contributed by atoms with Crippen molar-refractivity contribution in [3.63, 3.8) is 0 Å². The number of benzene rings is 2. The van der Waals surface area contributed by atoms with Crippen LogP contribution in [0.3, 0.4) is 0 Å². The summed E-state index contributed by atoms with van der Waals surface area (Å²) in [7, 11) is 1.32. The number of H-pyrrole nitrogens is 1. The van der Waals surface area contributed by atoms with Gasteiger partial charge < -0.3 is 20.5 Å². The molecule has 1 aliphatic heterocycles. The molecule has 0 fully saturated rings. The van der Waals surface area contributed by atoms with Crippen LogP contribution in [0.25, 0.3) is 0 Å². The molecule has 31 heavy (non-hydrogen) atoms. The Bertz CT molecular complexity index is 1200. The Morgan fingerprint density at radius 1 is 1.13 bits per heavy atom. The minimum atomic E-state index is -0.568. The molecule has 0 amide bonds. The minimum absolute atomic E-state index is 0.144. The predicted octanol–water partition coefficient (Wildman–Crippen LogP) is 2.94. The Morgan fingerprint density at radius 2 is 1.84 bits per heavy atom. The maximum absolute atomic E-state index is 12.6. The number of methoxy groups -OCH3 is 1. The minimum Gasteiger partial charge on any atom is -0.489 e. The molecule has 0 spiro atoms. The van der Waals surface area contributed by atoms with Crippen molar-refractivity contribution in [3.8, 4) is 5.75 Å². The molecule has 0 saturated heterocycles. The second-order valence-corrected chi connectivity index (χ2v) is 7.15. The molecule has 8 nitrogen and oxygen atoms in total. The van der Waals surface area contributed by atoms with Crippen molar-refractivity contribution in [1.82, 2.24) is 9.97 Å². The number of carbonyl (C=O) groups is 1. The van der Waals surface area contributed by atoms with E-state index in [4.69, 9.17) is 15.2 Å². The van der Waals surface area contributed by atoms with Gasteiger partial charge >= 0.3 is 11.7 Å². The number of rotatable bonds is 5. The Balaban J connectivity index is 1.70. The molecule has 0 aliphatic carbocycles. The van der Waals surface area contributed by atoms with Crippen LogP contribution in [0.4, 0.5) is 11.6 Å². The normalized spacial score (nSPS) is 15.1. The third-order valence-electron chi connectivity index (χ3n) is 5.15. The van der Waals surface area contributed by atoms with Crippen molar-refractivity contribution in [2.75, 3.05) is 18.2 Å². The summed E-state index contributed by atoms with van der Waals surface area (Å²) in [6, 6.07) is 17.3. The first-order valence-electron chi connectivity index (χ1n) is 9.70. The van der Waals surface area contributed by atoms with E-state index in [1.165, 1.54) is 7.11 Å². The monoisotopic (exact) mass is 418 g/mol. The number of ether oxygens (including phenoxy) is 2. The van der Waals surface area contributed by atoms with Crippen LogP contribution < -0.4 is 21.5 Å². The summed E-state index contributed by atoms with van der Waals surface area (Å²) in [4.78, 5) is 30.9.